The van der Waals surface area contributed by atoms with Crippen molar-refractivity contribution in [3.8, 4) is 0 Å². The third-order valence-electron chi connectivity index (χ3n) is 3.62. The first-order valence-corrected chi connectivity index (χ1v) is 13.5. The Morgan fingerprint density at radius 1 is 1.42 bits per heavy atom. The van der Waals surface area contributed by atoms with E-state index >= 15 is 0 Å². The maximum atomic E-state index is 12.2. The normalized spacial score (nSPS) is 23.2. The zero-order chi connectivity index (χ0) is 17.8. The Morgan fingerprint density at radius 3 is 2.67 bits per heavy atom. The molecular weight excluding hydrogens is 383 g/mol. The number of carbonyl (C=O) groups excluding carboxylic acids is 1. The third kappa shape index (κ3) is 5.77. The average Bonchev–Trinajstić information content (AvgIpc) is 2.77. The molecule has 0 spiro atoms. The fourth-order valence-corrected chi connectivity index (χ4v) is 6.87. The molecule has 1 unspecified atom stereocenters. The van der Waals surface area contributed by atoms with Crippen LogP contribution in [0, 0.1) is 0 Å². The maximum absolute atomic E-state index is 12.2. The van der Waals surface area contributed by atoms with Gasteiger partial charge in [-0.1, -0.05) is 0 Å². The minimum absolute atomic E-state index is 0.00579. The van der Waals surface area contributed by atoms with Crippen molar-refractivity contribution < 1.29 is 14.0 Å². The quantitative estimate of drug-likeness (QED) is 0.393. The molecular formula is C19H26O3SeSi. The van der Waals surface area contributed by atoms with Crippen LogP contribution in [0.15, 0.2) is 48.7 Å². The van der Waals surface area contributed by atoms with Gasteiger partial charge in [-0.05, 0) is 0 Å². The molecule has 1 aliphatic rings. The van der Waals surface area contributed by atoms with Crippen LogP contribution in [0.25, 0.3) is 0 Å². The Hall–Kier alpha value is -1.09. The second kappa shape index (κ2) is 7.86. The van der Waals surface area contributed by atoms with Gasteiger partial charge in [-0.15, -0.1) is 0 Å². The summed E-state index contributed by atoms with van der Waals surface area (Å²) in [6.45, 7) is 12.2. The summed E-state index contributed by atoms with van der Waals surface area (Å²) in [6, 6.07) is 10.2. The van der Waals surface area contributed by atoms with Crippen LogP contribution in [0.1, 0.15) is 19.8 Å². The first-order valence-electron chi connectivity index (χ1n) is 8.20. The zero-order valence-corrected chi connectivity index (χ0v) is 17.6. The molecule has 24 heavy (non-hydrogen) atoms. The second-order valence-corrected chi connectivity index (χ2v) is 14.4. The summed E-state index contributed by atoms with van der Waals surface area (Å²) >= 11 is 0.109. The Bertz CT molecular complexity index is 619. The Labute approximate surface area is 152 Å². The van der Waals surface area contributed by atoms with Gasteiger partial charge in [0.05, 0.1) is 0 Å². The monoisotopic (exact) mass is 410 g/mol. The van der Waals surface area contributed by atoms with Crippen molar-refractivity contribution in [3.05, 3.63) is 48.7 Å². The average molecular weight is 409 g/mol. The van der Waals surface area contributed by atoms with Crippen molar-refractivity contribution in [1.29, 1.82) is 0 Å². The predicted octanol–water partition coefficient (Wildman–Crippen LogP) is 3.46. The molecule has 0 aliphatic carbocycles. The number of carbonyl (C=O) groups is 1. The van der Waals surface area contributed by atoms with Crippen LogP contribution in [0.2, 0.25) is 24.5 Å². The van der Waals surface area contributed by atoms with E-state index < -0.39 is 13.9 Å². The molecule has 0 saturated carbocycles. The first kappa shape index (κ1) is 19.2. The van der Waals surface area contributed by atoms with E-state index in [0.29, 0.717) is 6.42 Å². The van der Waals surface area contributed by atoms with Crippen LogP contribution < -0.4 is 4.46 Å². The molecule has 0 bridgehead atoms. The van der Waals surface area contributed by atoms with Crippen LogP contribution in [-0.4, -0.2) is 40.9 Å². The minimum atomic E-state index is -1.73. The van der Waals surface area contributed by atoms with E-state index in [2.05, 4.69) is 44.1 Å². The molecule has 3 atom stereocenters. The van der Waals surface area contributed by atoms with Crippen molar-refractivity contribution in [3.63, 3.8) is 0 Å². The molecule has 0 radical (unpaired) electrons. The van der Waals surface area contributed by atoms with Gasteiger partial charge in [-0.2, -0.15) is 0 Å². The van der Waals surface area contributed by atoms with Crippen molar-refractivity contribution in [2.45, 2.75) is 55.9 Å². The molecule has 0 amide bonds. The van der Waals surface area contributed by atoms with Gasteiger partial charge < -0.3 is 0 Å². The summed E-state index contributed by atoms with van der Waals surface area (Å²) in [4.78, 5) is 12.2. The van der Waals surface area contributed by atoms with Gasteiger partial charge in [-0.25, -0.2) is 0 Å². The molecule has 130 valence electrons. The summed E-state index contributed by atoms with van der Waals surface area (Å²) in [5, 5.41) is 0. The Balaban J connectivity index is 2.02. The number of esters is 1. The molecule has 1 aliphatic heterocycles. The van der Waals surface area contributed by atoms with E-state index in [-0.39, 0.29) is 31.8 Å². The van der Waals surface area contributed by atoms with Crippen LogP contribution in [0.5, 0.6) is 0 Å². The van der Waals surface area contributed by atoms with Gasteiger partial charge in [0.25, 0.3) is 0 Å². The SMILES string of the molecule is C=C=C[C@](C)(C[C@H]1CC([Se]c2ccccc2)C(=O)O1)O[Si](C)(C)C. The fraction of sp³-hybridized carbons (Fsp3) is 0.474. The van der Waals surface area contributed by atoms with E-state index in [1.165, 1.54) is 4.46 Å². The molecule has 3 nitrogen and oxygen atoms in total. The molecule has 1 aromatic rings. The summed E-state index contributed by atoms with van der Waals surface area (Å²) < 4.78 is 13.2. The summed E-state index contributed by atoms with van der Waals surface area (Å²) in [5.74, 6) is -0.0678. The van der Waals surface area contributed by atoms with Crippen LogP contribution in [0.3, 0.4) is 0 Å². The fourth-order valence-electron chi connectivity index (χ4n) is 3.01. The molecule has 0 N–H and O–H groups in total. The molecule has 1 aromatic carbocycles. The first-order chi connectivity index (χ1) is 11.2. The number of hydrogen-bond acceptors (Lipinski definition) is 3. The van der Waals surface area contributed by atoms with Gasteiger partial charge in [0.15, 0.2) is 0 Å². The Morgan fingerprint density at radius 2 is 2.08 bits per heavy atom. The van der Waals surface area contributed by atoms with Crippen molar-refractivity contribution in [2.24, 2.45) is 0 Å². The molecule has 1 fully saturated rings. The summed E-state index contributed by atoms with van der Waals surface area (Å²) in [6.07, 6.45) is 3.20. The van der Waals surface area contributed by atoms with E-state index in [1.54, 1.807) is 0 Å². The van der Waals surface area contributed by atoms with E-state index in [4.69, 9.17) is 9.16 Å². The zero-order valence-electron chi connectivity index (χ0n) is 14.9. The van der Waals surface area contributed by atoms with E-state index in [0.717, 1.165) is 6.42 Å². The standard InChI is InChI=1S/C19H26O3SeSi/c1-6-12-19(2,22-24(3,4)5)14-15-13-17(18(20)21-15)23-16-10-8-7-9-11-16/h7-12,15,17H,1,13-14H2,2-5H3/t15-,17?,19-/m1/s1. The molecule has 1 saturated heterocycles. The molecule has 0 aromatic heterocycles. The number of ether oxygens (including phenoxy) is 1. The van der Waals surface area contributed by atoms with Gasteiger partial charge in [0.2, 0.25) is 0 Å². The summed E-state index contributed by atoms with van der Waals surface area (Å²) in [7, 11) is -1.73. The predicted molar refractivity (Wildman–Crippen MR) is 101 cm³/mol. The van der Waals surface area contributed by atoms with Crippen LogP contribution >= 0.6 is 0 Å². The van der Waals surface area contributed by atoms with Gasteiger partial charge in [0, 0.05) is 0 Å². The Kier molecular flexibility index (Phi) is 6.30. The molecule has 2 rings (SSSR count). The van der Waals surface area contributed by atoms with Crippen molar-refractivity contribution >= 4 is 33.7 Å². The topological polar surface area (TPSA) is 35.5 Å². The van der Waals surface area contributed by atoms with Gasteiger partial charge in [-0.3, -0.25) is 0 Å². The number of rotatable bonds is 7. The number of hydrogen-bond donors (Lipinski definition) is 0. The van der Waals surface area contributed by atoms with E-state index in [1.807, 2.05) is 31.2 Å². The molecule has 5 heteroatoms. The number of benzene rings is 1. The van der Waals surface area contributed by atoms with Gasteiger partial charge >= 0.3 is 152 Å². The molecule has 1 heterocycles. The van der Waals surface area contributed by atoms with Crippen molar-refractivity contribution in [2.75, 3.05) is 0 Å². The number of cyclic esters (lactones) is 1. The summed E-state index contributed by atoms with van der Waals surface area (Å²) in [5.41, 5.74) is 2.37. The van der Waals surface area contributed by atoms with Gasteiger partial charge in [0.1, 0.15) is 0 Å². The van der Waals surface area contributed by atoms with Crippen molar-refractivity contribution in [1.82, 2.24) is 0 Å². The van der Waals surface area contributed by atoms with E-state index in [9.17, 15) is 4.79 Å². The second-order valence-electron chi connectivity index (χ2n) is 7.29. The third-order valence-corrected chi connectivity index (χ3v) is 7.25. The van der Waals surface area contributed by atoms with Crippen LogP contribution in [-0.2, 0) is 14.0 Å². The van der Waals surface area contributed by atoms with Crippen LogP contribution in [0.4, 0.5) is 0 Å².